The quantitative estimate of drug-likeness (QED) is 0.149. The Bertz CT molecular complexity index is 1280. The molecule has 0 radical (unpaired) electrons. The first-order valence-corrected chi connectivity index (χ1v) is 12.6. The SMILES string of the molecule is CCOC(=O)c1cnn(-c2nc3cc(SCCc4ccccc4)c(Cl)cc3n2COCCOC)c1. The number of carbonyl (C=O) groups is 1. The van der Waals surface area contributed by atoms with Crippen LogP contribution in [0.15, 0.2) is 59.8 Å². The van der Waals surface area contributed by atoms with Gasteiger partial charge in [-0.15, -0.1) is 11.8 Å². The van der Waals surface area contributed by atoms with Crippen LogP contribution in [-0.2, 0) is 27.4 Å². The lowest BCUT2D eigenvalue weighted by Crippen LogP contribution is -2.12. The summed E-state index contributed by atoms with van der Waals surface area (Å²) in [6, 6.07) is 14.2. The predicted molar refractivity (Wildman–Crippen MR) is 137 cm³/mol. The minimum absolute atomic E-state index is 0.223. The number of halogens is 1. The molecule has 2 aromatic heterocycles. The minimum Gasteiger partial charge on any atom is -0.462 e. The highest BCUT2D eigenvalue weighted by molar-refractivity contribution is 7.99. The topological polar surface area (TPSA) is 80.4 Å². The van der Waals surface area contributed by atoms with Crippen LogP contribution in [0, 0.1) is 0 Å². The van der Waals surface area contributed by atoms with E-state index in [1.807, 2.05) is 34.9 Å². The van der Waals surface area contributed by atoms with Gasteiger partial charge in [-0.25, -0.2) is 14.5 Å². The number of benzene rings is 2. The molecule has 0 N–H and O–H groups in total. The number of aryl methyl sites for hydroxylation is 1. The van der Waals surface area contributed by atoms with Crippen LogP contribution >= 0.6 is 23.4 Å². The molecule has 0 bridgehead atoms. The Labute approximate surface area is 213 Å². The molecule has 4 aromatic rings. The molecule has 0 spiro atoms. The average molecular weight is 515 g/mol. The Balaban J connectivity index is 1.62. The smallest absolute Gasteiger partial charge is 0.341 e. The summed E-state index contributed by atoms with van der Waals surface area (Å²) in [6.07, 6.45) is 4.00. The number of rotatable bonds is 12. The van der Waals surface area contributed by atoms with Gasteiger partial charge in [0.05, 0.1) is 47.6 Å². The number of nitrogens with zero attached hydrogens (tertiary/aromatic N) is 4. The monoisotopic (exact) mass is 514 g/mol. The fourth-order valence-corrected chi connectivity index (χ4v) is 4.77. The van der Waals surface area contributed by atoms with Crippen LogP contribution in [0.5, 0.6) is 0 Å². The van der Waals surface area contributed by atoms with Gasteiger partial charge in [-0.1, -0.05) is 41.9 Å². The van der Waals surface area contributed by atoms with Crippen LogP contribution in [-0.4, -0.2) is 58.0 Å². The zero-order valence-electron chi connectivity index (χ0n) is 19.6. The molecular weight excluding hydrogens is 488 g/mol. The molecule has 0 aliphatic rings. The summed E-state index contributed by atoms with van der Waals surface area (Å²) in [7, 11) is 1.62. The maximum absolute atomic E-state index is 12.1. The summed E-state index contributed by atoms with van der Waals surface area (Å²) in [5.74, 6) is 0.971. The first-order chi connectivity index (χ1) is 17.1. The first-order valence-electron chi connectivity index (χ1n) is 11.3. The van der Waals surface area contributed by atoms with Crippen molar-refractivity contribution in [3.8, 4) is 5.95 Å². The molecule has 0 aliphatic carbocycles. The van der Waals surface area contributed by atoms with E-state index in [9.17, 15) is 4.79 Å². The van der Waals surface area contributed by atoms with E-state index < -0.39 is 5.97 Å². The van der Waals surface area contributed by atoms with Crippen molar-refractivity contribution in [1.82, 2.24) is 19.3 Å². The van der Waals surface area contributed by atoms with Crippen molar-refractivity contribution in [3.05, 3.63) is 71.0 Å². The van der Waals surface area contributed by atoms with Crippen LogP contribution in [0.1, 0.15) is 22.8 Å². The summed E-state index contributed by atoms with van der Waals surface area (Å²) in [6.45, 7) is 3.17. The molecule has 184 valence electrons. The molecule has 0 aliphatic heterocycles. The molecule has 10 heteroatoms. The van der Waals surface area contributed by atoms with E-state index in [2.05, 4.69) is 17.2 Å². The third-order valence-corrected chi connectivity index (χ3v) is 6.71. The van der Waals surface area contributed by atoms with E-state index in [0.717, 1.165) is 28.1 Å². The molecule has 0 saturated heterocycles. The van der Waals surface area contributed by atoms with Gasteiger partial charge in [0.15, 0.2) is 0 Å². The van der Waals surface area contributed by atoms with Crippen LogP contribution in [0.2, 0.25) is 5.02 Å². The van der Waals surface area contributed by atoms with Crippen LogP contribution in [0.4, 0.5) is 0 Å². The standard InChI is InChI=1S/C25H27ClN4O4S/c1-3-34-24(31)19-15-27-30(16-19)25-28-21-14-23(35-12-9-18-7-5-4-6-8-18)20(26)13-22(21)29(25)17-33-11-10-32-2/h4-8,13-16H,3,9-12,17H2,1-2H3. The van der Waals surface area contributed by atoms with Crippen molar-refractivity contribution in [1.29, 1.82) is 0 Å². The Hall–Kier alpha value is -2.85. The molecule has 4 rings (SSSR count). The number of fused-ring (bicyclic) bond motifs is 1. The van der Waals surface area contributed by atoms with Crippen molar-refractivity contribution in [2.24, 2.45) is 0 Å². The summed E-state index contributed by atoms with van der Waals surface area (Å²) in [4.78, 5) is 17.9. The second kappa shape index (κ2) is 12.2. The van der Waals surface area contributed by atoms with E-state index in [0.29, 0.717) is 36.4 Å². The predicted octanol–water partition coefficient (Wildman–Crippen LogP) is 5.01. The van der Waals surface area contributed by atoms with Gasteiger partial charge in [0.2, 0.25) is 5.95 Å². The van der Waals surface area contributed by atoms with Gasteiger partial charge in [-0.3, -0.25) is 4.57 Å². The highest BCUT2D eigenvalue weighted by atomic mass is 35.5. The van der Waals surface area contributed by atoms with Gasteiger partial charge in [0.25, 0.3) is 0 Å². The molecule has 0 atom stereocenters. The summed E-state index contributed by atoms with van der Waals surface area (Å²) in [5.41, 5.74) is 3.20. The Morgan fingerprint density at radius 1 is 1.17 bits per heavy atom. The average Bonchev–Trinajstić information content (AvgIpc) is 3.48. The number of hydrogen-bond acceptors (Lipinski definition) is 7. The van der Waals surface area contributed by atoms with Gasteiger partial charge < -0.3 is 14.2 Å². The number of ether oxygens (including phenoxy) is 3. The maximum Gasteiger partial charge on any atom is 0.341 e. The maximum atomic E-state index is 12.1. The summed E-state index contributed by atoms with van der Waals surface area (Å²) < 4.78 is 19.4. The molecule has 0 unspecified atom stereocenters. The molecule has 8 nitrogen and oxygen atoms in total. The highest BCUT2D eigenvalue weighted by Crippen LogP contribution is 2.33. The van der Waals surface area contributed by atoms with E-state index in [1.165, 1.54) is 11.8 Å². The molecule has 0 amide bonds. The van der Waals surface area contributed by atoms with E-state index in [1.54, 1.807) is 36.7 Å². The lowest BCUT2D eigenvalue weighted by molar-refractivity contribution is 0.0356. The Morgan fingerprint density at radius 3 is 2.77 bits per heavy atom. The zero-order chi connectivity index (χ0) is 24.6. The molecule has 2 aromatic carbocycles. The largest absolute Gasteiger partial charge is 0.462 e. The molecule has 35 heavy (non-hydrogen) atoms. The van der Waals surface area contributed by atoms with Gasteiger partial charge in [-0.2, -0.15) is 5.10 Å². The second-order valence-corrected chi connectivity index (χ2v) is 9.16. The van der Waals surface area contributed by atoms with Gasteiger partial charge >= 0.3 is 5.97 Å². The number of imidazole rings is 1. The third-order valence-electron chi connectivity index (χ3n) is 5.22. The van der Waals surface area contributed by atoms with Gasteiger partial charge in [0, 0.05) is 24.0 Å². The molecular formula is C25H27ClN4O4S. The third kappa shape index (κ3) is 6.24. The number of methoxy groups -OCH3 is 1. The van der Waals surface area contributed by atoms with Crippen molar-refractivity contribution < 1.29 is 19.0 Å². The van der Waals surface area contributed by atoms with Crippen LogP contribution in [0.25, 0.3) is 17.0 Å². The van der Waals surface area contributed by atoms with Crippen molar-refractivity contribution in [2.45, 2.75) is 25.0 Å². The second-order valence-electron chi connectivity index (χ2n) is 7.62. The van der Waals surface area contributed by atoms with Gasteiger partial charge in [-0.05, 0) is 31.0 Å². The Kier molecular flexibility index (Phi) is 8.81. The number of esters is 1. The molecule has 2 heterocycles. The fraction of sp³-hybridized carbons (Fsp3) is 0.320. The number of carbonyl (C=O) groups excluding carboxylic acids is 1. The molecule has 0 fully saturated rings. The van der Waals surface area contributed by atoms with Gasteiger partial charge in [0.1, 0.15) is 6.73 Å². The normalized spacial score (nSPS) is 11.3. The zero-order valence-corrected chi connectivity index (χ0v) is 21.2. The van der Waals surface area contributed by atoms with E-state index >= 15 is 0 Å². The number of thioether (sulfide) groups is 1. The fourth-order valence-electron chi connectivity index (χ4n) is 3.50. The first kappa shape index (κ1) is 25.2. The number of aromatic nitrogens is 4. The number of hydrogen-bond donors (Lipinski definition) is 0. The summed E-state index contributed by atoms with van der Waals surface area (Å²) in [5, 5.41) is 4.98. The summed E-state index contributed by atoms with van der Waals surface area (Å²) >= 11 is 8.36. The van der Waals surface area contributed by atoms with Crippen molar-refractivity contribution >= 4 is 40.4 Å². The van der Waals surface area contributed by atoms with Crippen LogP contribution < -0.4 is 0 Å². The van der Waals surface area contributed by atoms with Crippen molar-refractivity contribution in [2.75, 3.05) is 32.7 Å². The Morgan fingerprint density at radius 2 is 2.00 bits per heavy atom. The minimum atomic E-state index is -0.432. The van der Waals surface area contributed by atoms with E-state index in [4.69, 9.17) is 30.8 Å². The lowest BCUT2D eigenvalue weighted by atomic mass is 10.2. The van der Waals surface area contributed by atoms with Crippen LogP contribution in [0.3, 0.4) is 0 Å². The van der Waals surface area contributed by atoms with E-state index in [-0.39, 0.29) is 6.73 Å². The van der Waals surface area contributed by atoms with Crippen molar-refractivity contribution in [3.63, 3.8) is 0 Å². The lowest BCUT2D eigenvalue weighted by Gasteiger charge is -2.10. The highest BCUT2D eigenvalue weighted by Gasteiger charge is 2.18. The molecule has 0 saturated carbocycles.